The summed E-state index contributed by atoms with van der Waals surface area (Å²) >= 11 is 0. The Labute approximate surface area is 197 Å². The first-order chi connectivity index (χ1) is 16.3. The van der Waals surface area contributed by atoms with E-state index in [0.29, 0.717) is 24.8 Å². The first-order valence-electron chi connectivity index (χ1n) is 11.2. The molecule has 10 heteroatoms. The van der Waals surface area contributed by atoms with Gasteiger partial charge >= 0.3 is 0 Å². The molecule has 3 atom stereocenters. The Bertz CT molecular complexity index is 1090. The lowest BCUT2D eigenvalue weighted by Gasteiger charge is -2.22. The predicted octanol–water partition coefficient (Wildman–Crippen LogP) is 0.315. The van der Waals surface area contributed by atoms with Gasteiger partial charge in [0.25, 0.3) is 5.91 Å². The first kappa shape index (κ1) is 24.8. The quantitative estimate of drug-likeness (QED) is 0.370. The topological polar surface area (TPSA) is 146 Å². The number of fused-ring (bicyclic) bond motifs is 1. The molecule has 3 unspecified atom stereocenters. The standard InChI is InChI=1S/C24H29N5O5/c1-14(2)21(29-23(33)19-8-7-15-5-3-4-6-18(15)28-19)24(34)26-12-20(31)27-17(13-30)11-16-9-10-25-22(16)32/h3-8,13-14,16-17,21H,9-12H2,1-2H3,(H,25,32)(H,26,34)(H,27,31)(H,29,33). The molecule has 4 N–H and O–H groups in total. The van der Waals surface area contributed by atoms with Crippen LogP contribution >= 0.6 is 0 Å². The highest BCUT2D eigenvalue weighted by atomic mass is 16.2. The second-order valence-corrected chi connectivity index (χ2v) is 8.62. The summed E-state index contributed by atoms with van der Waals surface area (Å²) in [6.45, 7) is 3.73. The van der Waals surface area contributed by atoms with Crippen molar-refractivity contribution >= 4 is 40.8 Å². The summed E-state index contributed by atoms with van der Waals surface area (Å²) in [5.41, 5.74) is 0.844. The predicted molar refractivity (Wildman–Crippen MR) is 125 cm³/mol. The minimum atomic E-state index is -0.891. The van der Waals surface area contributed by atoms with E-state index in [4.69, 9.17) is 0 Å². The molecule has 10 nitrogen and oxygen atoms in total. The van der Waals surface area contributed by atoms with E-state index in [9.17, 15) is 24.0 Å². The van der Waals surface area contributed by atoms with Gasteiger partial charge in [-0.05, 0) is 30.9 Å². The van der Waals surface area contributed by atoms with Gasteiger partial charge in [-0.1, -0.05) is 38.1 Å². The molecule has 0 radical (unpaired) electrons. The van der Waals surface area contributed by atoms with Crippen LogP contribution in [0.1, 0.15) is 37.2 Å². The van der Waals surface area contributed by atoms with Gasteiger partial charge in [0, 0.05) is 17.8 Å². The second kappa shape index (κ2) is 11.4. The van der Waals surface area contributed by atoms with E-state index in [2.05, 4.69) is 26.3 Å². The average Bonchev–Trinajstić information content (AvgIpc) is 3.23. The van der Waals surface area contributed by atoms with Crippen molar-refractivity contribution in [3.8, 4) is 0 Å². The van der Waals surface area contributed by atoms with Crippen LogP contribution in [0, 0.1) is 11.8 Å². The highest BCUT2D eigenvalue weighted by Crippen LogP contribution is 2.15. The maximum atomic E-state index is 12.7. The Morgan fingerprint density at radius 1 is 1.15 bits per heavy atom. The number of carbonyl (C=O) groups is 5. The number of pyridine rings is 1. The van der Waals surface area contributed by atoms with Crippen molar-refractivity contribution in [1.29, 1.82) is 0 Å². The third kappa shape index (κ3) is 6.37. The molecule has 0 saturated carbocycles. The number of aromatic nitrogens is 1. The van der Waals surface area contributed by atoms with Crippen LogP contribution in [0.4, 0.5) is 0 Å². The van der Waals surface area contributed by atoms with Crippen LogP contribution in [0.3, 0.4) is 0 Å². The summed E-state index contributed by atoms with van der Waals surface area (Å²) in [5.74, 6) is -2.30. The maximum Gasteiger partial charge on any atom is 0.270 e. The van der Waals surface area contributed by atoms with Gasteiger partial charge in [-0.3, -0.25) is 19.2 Å². The van der Waals surface area contributed by atoms with Crippen LogP contribution in [-0.2, 0) is 19.2 Å². The number of hydrogen-bond donors (Lipinski definition) is 4. The molecular formula is C24H29N5O5. The summed E-state index contributed by atoms with van der Waals surface area (Å²) in [6.07, 6.45) is 1.40. The molecule has 1 aromatic heterocycles. The van der Waals surface area contributed by atoms with Gasteiger partial charge in [0.1, 0.15) is 18.0 Å². The minimum absolute atomic E-state index is 0.133. The van der Waals surface area contributed by atoms with E-state index >= 15 is 0 Å². The zero-order chi connectivity index (χ0) is 24.7. The number of carbonyl (C=O) groups excluding carboxylic acids is 5. The third-order valence-corrected chi connectivity index (χ3v) is 5.70. The lowest BCUT2D eigenvalue weighted by atomic mass is 9.99. The number of aldehydes is 1. The number of nitrogens with zero attached hydrogens (tertiary/aromatic N) is 1. The Morgan fingerprint density at radius 3 is 2.59 bits per heavy atom. The SMILES string of the molecule is CC(C)C(NC(=O)c1ccc2ccccc2n1)C(=O)NCC(=O)NC(C=O)CC1CCNC1=O. The van der Waals surface area contributed by atoms with Gasteiger partial charge in [-0.15, -0.1) is 0 Å². The highest BCUT2D eigenvalue weighted by Gasteiger charge is 2.29. The summed E-state index contributed by atoms with van der Waals surface area (Å²) in [6, 6.07) is 9.04. The number of nitrogens with one attached hydrogen (secondary N) is 4. The largest absolute Gasteiger partial charge is 0.356 e. The molecule has 2 heterocycles. The van der Waals surface area contributed by atoms with E-state index in [-0.39, 0.29) is 36.4 Å². The Hall–Kier alpha value is -3.82. The molecule has 1 aliphatic heterocycles. The Morgan fingerprint density at radius 2 is 1.91 bits per heavy atom. The number of benzene rings is 1. The van der Waals surface area contributed by atoms with Crippen molar-refractivity contribution in [2.75, 3.05) is 13.1 Å². The monoisotopic (exact) mass is 467 g/mol. The summed E-state index contributed by atoms with van der Waals surface area (Å²) in [7, 11) is 0. The fraction of sp³-hybridized carbons (Fsp3) is 0.417. The second-order valence-electron chi connectivity index (χ2n) is 8.62. The first-order valence-corrected chi connectivity index (χ1v) is 11.2. The van der Waals surface area contributed by atoms with Gasteiger partial charge in [0.15, 0.2) is 0 Å². The molecule has 4 amide bonds. The van der Waals surface area contributed by atoms with Crippen LogP contribution in [0.15, 0.2) is 36.4 Å². The Balaban J connectivity index is 1.54. The smallest absolute Gasteiger partial charge is 0.270 e. The number of hydrogen-bond acceptors (Lipinski definition) is 6. The normalized spacial score (nSPS) is 17.0. The fourth-order valence-electron chi connectivity index (χ4n) is 3.80. The van der Waals surface area contributed by atoms with Gasteiger partial charge in [-0.25, -0.2) is 4.98 Å². The minimum Gasteiger partial charge on any atom is -0.356 e. The molecule has 0 bridgehead atoms. The van der Waals surface area contributed by atoms with Crippen LogP contribution in [0.5, 0.6) is 0 Å². The highest BCUT2D eigenvalue weighted by molar-refractivity contribution is 5.98. The van der Waals surface area contributed by atoms with Crippen molar-refractivity contribution in [3.63, 3.8) is 0 Å². The van der Waals surface area contributed by atoms with Crippen molar-refractivity contribution in [3.05, 3.63) is 42.1 Å². The van der Waals surface area contributed by atoms with E-state index in [1.54, 1.807) is 32.0 Å². The number of amides is 4. The van der Waals surface area contributed by atoms with Crippen LogP contribution in [0.25, 0.3) is 10.9 Å². The van der Waals surface area contributed by atoms with Gasteiger partial charge in [0.05, 0.1) is 18.1 Å². The molecule has 1 saturated heterocycles. The van der Waals surface area contributed by atoms with Gasteiger partial charge < -0.3 is 26.1 Å². The summed E-state index contributed by atoms with van der Waals surface area (Å²) in [5, 5.41) is 11.3. The molecule has 1 aliphatic rings. The molecule has 180 valence electrons. The fourth-order valence-corrected chi connectivity index (χ4v) is 3.80. The number of rotatable bonds is 10. The summed E-state index contributed by atoms with van der Waals surface area (Å²) < 4.78 is 0. The molecule has 2 aromatic rings. The van der Waals surface area contributed by atoms with Crippen molar-refractivity contribution < 1.29 is 24.0 Å². The molecular weight excluding hydrogens is 438 g/mol. The lowest BCUT2D eigenvalue weighted by Crippen LogP contribution is -2.52. The molecule has 0 spiro atoms. The Kier molecular flexibility index (Phi) is 8.29. The molecule has 0 aliphatic carbocycles. The van der Waals surface area contributed by atoms with Crippen LogP contribution < -0.4 is 21.3 Å². The van der Waals surface area contributed by atoms with E-state index in [1.165, 1.54) is 0 Å². The van der Waals surface area contributed by atoms with Gasteiger partial charge in [-0.2, -0.15) is 0 Å². The zero-order valence-corrected chi connectivity index (χ0v) is 19.2. The van der Waals surface area contributed by atoms with Crippen LogP contribution in [0.2, 0.25) is 0 Å². The molecule has 1 fully saturated rings. The van der Waals surface area contributed by atoms with E-state index < -0.39 is 29.8 Å². The molecule has 3 rings (SSSR count). The number of para-hydroxylation sites is 1. The third-order valence-electron chi connectivity index (χ3n) is 5.70. The molecule has 1 aromatic carbocycles. The molecule has 34 heavy (non-hydrogen) atoms. The van der Waals surface area contributed by atoms with E-state index in [0.717, 1.165) is 5.39 Å². The average molecular weight is 468 g/mol. The summed E-state index contributed by atoms with van der Waals surface area (Å²) in [4.78, 5) is 65.0. The zero-order valence-electron chi connectivity index (χ0n) is 19.2. The van der Waals surface area contributed by atoms with Gasteiger partial charge in [0.2, 0.25) is 17.7 Å². The van der Waals surface area contributed by atoms with Crippen LogP contribution in [-0.4, -0.2) is 60.1 Å². The van der Waals surface area contributed by atoms with E-state index in [1.807, 2.05) is 18.2 Å². The maximum absolute atomic E-state index is 12.7. The van der Waals surface area contributed by atoms with Crippen molar-refractivity contribution in [1.82, 2.24) is 26.3 Å². The van der Waals surface area contributed by atoms with Crippen molar-refractivity contribution in [2.24, 2.45) is 11.8 Å². The lowest BCUT2D eigenvalue weighted by molar-refractivity contribution is -0.128. The van der Waals surface area contributed by atoms with Crippen molar-refractivity contribution in [2.45, 2.75) is 38.8 Å².